The van der Waals surface area contributed by atoms with Gasteiger partial charge in [0.2, 0.25) is 5.91 Å². The molecule has 0 spiro atoms. The number of aliphatic hydroxyl groups is 1. The van der Waals surface area contributed by atoms with E-state index < -0.39 is 6.10 Å². The zero-order valence-electron chi connectivity index (χ0n) is 10.1. The summed E-state index contributed by atoms with van der Waals surface area (Å²) in [6, 6.07) is 3.62. The van der Waals surface area contributed by atoms with Crippen LogP contribution in [0.4, 0.5) is 5.82 Å². The smallest absolute Gasteiger partial charge is 0.241 e. The number of amides is 1. The standard InChI is InChI=1S/C12H17N3O2/c1-9(16)10-3-4-13-11(7-10)15-6-5-14(2)12(17)8-15/h3-4,7,9,16H,5-6,8H2,1-2H3/t9-/m1/s1. The average Bonchev–Trinajstić information content (AvgIpc) is 2.33. The summed E-state index contributed by atoms with van der Waals surface area (Å²) in [5.74, 6) is 0.852. The Morgan fingerprint density at radius 2 is 2.24 bits per heavy atom. The molecule has 1 aromatic rings. The molecule has 17 heavy (non-hydrogen) atoms. The summed E-state index contributed by atoms with van der Waals surface area (Å²) in [5.41, 5.74) is 0.821. The van der Waals surface area contributed by atoms with Gasteiger partial charge in [-0.2, -0.15) is 0 Å². The highest BCUT2D eigenvalue weighted by atomic mass is 16.3. The van der Waals surface area contributed by atoms with E-state index in [4.69, 9.17) is 0 Å². The second kappa shape index (κ2) is 4.71. The molecule has 92 valence electrons. The van der Waals surface area contributed by atoms with E-state index in [0.717, 1.165) is 17.9 Å². The second-order valence-corrected chi connectivity index (χ2v) is 4.36. The summed E-state index contributed by atoms with van der Waals surface area (Å²) in [6.07, 6.45) is 1.15. The summed E-state index contributed by atoms with van der Waals surface area (Å²) in [5, 5.41) is 9.52. The Morgan fingerprint density at radius 1 is 1.47 bits per heavy atom. The van der Waals surface area contributed by atoms with Crippen molar-refractivity contribution in [3.8, 4) is 0 Å². The largest absolute Gasteiger partial charge is 0.389 e. The highest BCUT2D eigenvalue weighted by Crippen LogP contribution is 2.19. The number of anilines is 1. The third-order valence-electron chi connectivity index (χ3n) is 3.03. The van der Waals surface area contributed by atoms with Crippen LogP contribution in [0.5, 0.6) is 0 Å². The van der Waals surface area contributed by atoms with Crippen molar-refractivity contribution in [2.24, 2.45) is 0 Å². The minimum Gasteiger partial charge on any atom is -0.389 e. The van der Waals surface area contributed by atoms with Gasteiger partial charge in [-0.1, -0.05) is 0 Å². The molecule has 1 aliphatic rings. The number of carbonyl (C=O) groups excluding carboxylic acids is 1. The third kappa shape index (κ3) is 2.55. The molecule has 0 saturated carbocycles. The molecule has 2 heterocycles. The number of nitrogens with zero attached hydrogens (tertiary/aromatic N) is 3. The maximum atomic E-state index is 11.6. The van der Waals surface area contributed by atoms with Gasteiger partial charge in [0, 0.05) is 26.3 Å². The van der Waals surface area contributed by atoms with Crippen LogP contribution in [0.15, 0.2) is 18.3 Å². The Hall–Kier alpha value is -1.62. The molecule has 1 saturated heterocycles. The molecule has 0 unspecified atom stereocenters. The van der Waals surface area contributed by atoms with Crippen LogP contribution in [0.1, 0.15) is 18.6 Å². The fraction of sp³-hybridized carbons (Fsp3) is 0.500. The van der Waals surface area contributed by atoms with Crippen molar-refractivity contribution in [3.05, 3.63) is 23.9 Å². The van der Waals surface area contributed by atoms with E-state index in [1.807, 2.05) is 11.0 Å². The number of aliphatic hydroxyl groups excluding tert-OH is 1. The summed E-state index contributed by atoms with van der Waals surface area (Å²) in [4.78, 5) is 19.5. The van der Waals surface area contributed by atoms with Gasteiger partial charge in [-0.25, -0.2) is 4.98 Å². The van der Waals surface area contributed by atoms with Crippen LogP contribution in [-0.2, 0) is 4.79 Å². The lowest BCUT2D eigenvalue weighted by molar-refractivity contribution is -0.129. The first-order valence-corrected chi connectivity index (χ1v) is 5.71. The van der Waals surface area contributed by atoms with Crippen LogP contribution in [0.3, 0.4) is 0 Å². The van der Waals surface area contributed by atoms with Crippen LogP contribution < -0.4 is 4.90 Å². The van der Waals surface area contributed by atoms with Crippen molar-refractivity contribution in [2.45, 2.75) is 13.0 Å². The molecule has 1 aromatic heterocycles. The van der Waals surface area contributed by atoms with E-state index in [-0.39, 0.29) is 5.91 Å². The summed E-state index contributed by atoms with van der Waals surface area (Å²) in [6.45, 7) is 3.55. The number of likely N-dealkylation sites (N-methyl/N-ethyl adjacent to an activating group) is 1. The zero-order valence-corrected chi connectivity index (χ0v) is 10.1. The highest BCUT2D eigenvalue weighted by molar-refractivity contribution is 5.82. The normalized spacial score (nSPS) is 18.4. The second-order valence-electron chi connectivity index (χ2n) is 4.36. The van der Waals surface area contributed by atoms with Crippen LogP contribution >= 0.6 is 0 Å². The topological polar surface area (TPSA) is 56.7 Å². The molecule has 1 amide bonds. The van der Waals surface area contributed by atoms with E-state index in [0.29, 0.717) is 13.1 Å². The molecule has 5 heteroatoms. The molecular weight excluding hydrogens is 218 g/mol. The SMILES string of the molecule is C[C@@H](O)c1ccnc(N2CCN(C)C(=O)C2)c1. The molecule has 0 bridgehead atoms. The highest BCUT2D eigenvalue weighted by Gasteiger charge is 2.22. The summed E-state index contributed by atoms with van der Waals surface area (Å²) >= 11 is 0. The van der Waals surface area contributed by atoms with E-state index in [1.54, 1.807) is 31.1 Å². The van der Waals surface area contributed by atoms with Gasteiger partial charge in [0.1, 0.15) is 5.82 Å². The number of pyridine rings is 1. The Kier molecular flexibility index (Phi) is 3.28. The number of aromatic nitrogens is 1. The van der Waals surface area contributed by atoms with Gasteiger partial charge in [-0.3, -0.25) is 4.79 Å². The summed E-state index contributed by atoms with van der Waals surface area (Å²) in [7, 11) is 1.80. The monoisotopic (exact) mass is 235 g/mol. The average molecular weight is 235 g/mol. The van der Waals surface area contributed by atoms with E-state index in [9.17, 15) is 9.90 Å². The van der Waals surface area contributed by atoms with E-state index in [1.165, 1.54) is 0 Å². The minimum atomic E-state index is -0.514. The quantitative estimate of drug-likeness (QED) is 0.807. The molecule has 1 aliphatic heterocycles. The zero-order chi connectivity index (χ0) is 12.4. The van der Waals surface area contributed by atoms with E-state index >= 15 is 0 Å². The van der Waals surface area contributed by atoms with Crippen LogP contribution in [0.25, 0.3) is 0 Å². The number of rotatable bonds is 2. The molecule has 1 atom stereocenters. The lowest BCUT2D eigenvalue weighted by atomic mass is 10.1. The summed E-state index contributed by atoms with van der Waals surface area (Å²) < 4.78 is 0. The van der Waals surface area contributed by atoms with Crippen molar-refractivity contribution < 1.29 is 9.90 Å². The van der Waals surface area contributed by atoms with Gasteiger partial charge < -0.3 is 14.9 Å². The lowest BCUT2D eigenvalue weighted by Crippen LogP contribution is -2.48. The molecule has 5 nitrogen and oxygen atoms in total. The number of piperazine rings is 1. The Bertz CT molecular complexity index is 420. The predicted octanol–water partition coefficient (Wildman–Crippen LogP) is 0.413. The first kappa shape index (κ1) is 11.9. The van der Waals surface area contributed by atoms with Gasteiger partial charge in [-0.15, -0.1) is 0 Å². The minimum absolute atomic E-state index is 0.0977. The first-order chi connectivity index (χ1) is 8.08. The number of hydrogen-bond acceptors (Lipinski definition) is 4. The fourth-order valence-corrected chi connectivity index (χ4v) is 1.82. The molecule has 0 radical (unpaired) electrons. The molecule has 0 aromatic carbocycles. The molecular formula is C12H17N3O2. The van der Waals surface area contributed by atoms with Crippen molar-refractivity contribution in [1.29, 1.82) is 0 Å². The van der Waals surface area contributed by atoms with Crippen LogP contribution in [0.2, 0.25) is 0 Å². The molecule has 1 fully saturated rings. The lowest BCUT2D eigenvalue weighted by Gasteiger charge is -2.32. The number of carbonyl (C=O) groups is 1. The molecule has 0 aliphatic carbocycles. The van der Waals surface area contributed by atoms with Crippen molar-refractivity contribution in [3.63, 3.8) is 0 Å². The van der Waals surface area contributed by atoms with Crippen LogP contribution in [0, 0.1) is 0 Å². The maximum Gasteiger partial charge on any atom is 0.241 e. The Labute approximate surface area is 101 Å². The molecule has 1 N–H and O–H groups in total. The van der Waals surface area contributed by atoms with Gasteiger partial charge >= 0.3 is 0 Å². The number of hydrogen-bond donors (Lipinski definition) is 1. The maximum absolute atomic E-state index is 11.6. The molecule has 2 rings (SSSR count). The van der Waals surface area contributed by atoms with Gasteiger partial charge in [-0.05, 0) is 24.6 Å². The third-order valence-corrected chi connectivity index (χ3v) is 3.03. The van der Waals surface area contributed by atoms with E-state index in [2.05, 4.69) is 4.98 Å². The van der Waals surface area contributed by atoms with Gasteiger partial charge in [0.05, 0.1) is 12.6 Å². The van der Waals surface area contributed by atoms with Crippen molar-refractivity contribution in [1.82, 2.24) is 9.88 Å². The van der Waals surface area contributed by atoms with Crippen LogP contribution in [-0.4, -0.2) is 47.6 Å². The van der Waals surface area contributed by atoms with Crippen molar-refractivity contribution in [2.75, 3.05) is 31.6 Å². The Balaban J connectivity index is 2.17. The fourth-order valence-electron chi connectivity index (χ4n) is 1.82. The van der Waals surface area contributed by atoms with Gasteiger partial charge in [0.25, 0.3) is 0 Å². The first-order valence-electron chi connectivity index (χ1n) is 5.71. The van der Waals surface area contributed by atoms with Crippen molar-refractivity contribution >= 4 is 11.7 Å². The van der Waals surface area contributed by atoms with Gasteiger partial charge in [0.15, 0.2) is 0 Å². The Morgan fingerprint density at radius 3 is 2.88 bits per heavy atom. The predicted molar refractivity (Wildman–Crippen MR) is 64.7 cm³/mol.